The Morgan fingerprint density at radius 1 is 1.10 bits per heavy atom. The molecule has 0 radical (unpaired) electrons. The third kappa shape index (κ3) is 5.80. The van der Waals surface area contributed by atoms with Gasteiger partial charge in [0.05, 0.1) is 4.70 Å². The molecule has 4 nitrogen and oxygen atoms in total. The Labute approximate surface area is 186 Å². The van der Waals surface area contributed by atoms with Gasteiger partial charge in [0.25, 0.3) is 0 Å². The first-order chi connectivity index (χ1) is 14.5. The van der Waals surface area contributed by atoms with E-state index in [0.29, 0.717) is 29.4 Å². The summed E-state index contributed by atoms with van der Waals surface area (Å²) in [7, 11) is 0. The number of benzene rings is 2. The quantitative estimate of drug-likeness (QED) is 0.381. The molecule has 0 spiro atoms. The molecule has 3 rings (SSSR count). The molecule has 0 fully saturated rings. The molecule has 7 heteroatoms. The van der Waals surface area contributed by atoms with Gasteiger partial charge in [0.1, 0.15) is 11.3 Å². The molecule has 0 atom stereocenters. The van der Waals surface area contributed by atoms with Crippen molar-refractivity contribution >= 4 is 44.4 Å². The van der Waals surface area contributed by atoms with Crippen molar-refractivity contribution in [1.29, 1.82) is 0 Å². The zero-order valence-corrected chi connectivity index (χ0v) is 19.4. The molecule has 2 aromatic carbocycles. The maximum atomic E-state index is 14.1. The van der Waals surface area contributed by atoms with Gasteiger partial charge in [-0.2, -0.15) is 0 Å². The van der Waals surface area contributed by atoms with Crippen LogP contribution < -0.4 is 4.90 Å². The number of anilines is 1. The van der Waals surface area contributed by atoms with Gasteiger partial charge in [-0.3, -0.25) is 9.69 Å². The number of para-hydroxylation sites is 1. The van der Waals surface area contributed by atoms with Gasteiger partial charge in [0.2, 0.25) is 5.91 Å². The molecule has 1 amide bonds. The summed E-state index contributed by atoms with van der Waals surface area (Å²) in [6.07, 6.45) is 0.412. The first-order valence-corrected chi connectivity index (χ1v) is 12.1. The van der Waals surface area contributed by atoms with Crippen molar-refractivity contribution < 1.29 is 9.18 Å². The van der Waals surface area contributed by atoms with Gasteiger partial charge in [-0.15, -0.1) is 11.8 Å². The number of likely N-dealkylation sites (N-methyl/N-ethyl adjacent to an activating group) is 1. The summed E-state index contributed by atoms with van der Waals surface area (Å²) < 4.78 is 14.9. The molecule has 0 unspecified atom stereocenters. The SMILES string of the molecule is CCN(CC)CCN(C(=O)CCSc1ccc(C)cc1)c1nc2c(F)cccc2s1. The Hall–Kier alpha value is -1.96. The number of carbonyl (C=O) groups excluding carboxylic acids is 1. The van der Waals surface area contributed by atoms with Crippen LogP contribution in [0.4, 0.5) is 9.52 Å². The largest absolute Gasteiger partial charge is 0.302 e. The molecule has 1 aromatic heterocycles. The number of amides is 1. The number of aromatic nitrogens is 1. The Balaban J connectivity index is 1.72. The summed E-state index contributed by atoms with van der Waals surface area (Å²) in [5.74, 6) is 0.380. The lowest BCUT2D eigenvalue weighted by Gasteiger charge is -2.24. The number of nitrogens with zero attached hydrogens (tertiary/aromatic N) is 3. The van der Waals surface area contributed by atoms with Crippen molar-refractivity contribution in [2.24, 2.45) is 0 Å². The van der Waals surface area contributed by atoms with Crippen molar-refractivity contribution in [2.45, 2.75) is 32.1 Å². The van der Waals surface area contributed by atoms with Crippen LogP contribution in [0.25, 0.3) is 10.2 Å². The molecule has 3 aromatic rings. The standard InChI is InChI=1S/C23H28FN3OS2/c1-4-26(5-2)14-15-27(23-25-22-19(24)7-6-8-20(22)30-23)21(28)13-16-29-18-11-9-17(3)10-12-18/h6-12H,4-5,13-16H2,1-3H3. The minimum atomic E-state index is -0.346. The molecule has 0 aliphatic carbocycles. The Kier molecular flexibility index (Phi) is 8.24. The molecule has 160 valence electrons. The van der Waals surface area contributed by atoms with E-state index in [1.165, 1.54) is 23.0 Å². The van der Waals surface area contributed by atoms with Gasteiger partial charge in [-0.05, 0) is 44.3 Å². The van der Waals surface area contributed by atoms with Crippen LogP contribution in [0.1, 0.15) is 25.8 Å². The lowest BCUT2D eigenvalue weighted by molar-refractivity contribution is -0.118. The number of thiazole rings is 1. The molecule has 0 bridgehead atoms. The highest BCUT2D eigenvalue weighted by Crippen LogP contribution is 2.31. The normalized spacial score (nSPS) is 11.4. The Morgan fingerprint density at radius 3 is 2.50 bits per heavy atom. The van der Waals surface area contributed by atoms with Crippen molar-refractivity contribution in [1.82, 2.24) is 9.88 Å². The molecule has 30 heavy (non-hydrogen) atoms. The average molecular weight is 446 g/mol. The van der Waals surface area contributed by atoms with Crippen molar-refractivity contribution in [3.63, 3.8) is 0 Å². The van der Waals surface area contributed by atoms with Crippen molar-refractivity contribution in [2.75, 3.05) is 36.8 Å². The summed E-state index contributed by atoms with van der Waals surface area (Å²) in [4.78, 5) is 22.7. The fourth-order valence-electron chi connectivity index (χ4n) is 3.15. The zero-order chi connectivity index (χ0) is 21.5. The van der Waals surface area contributed by atoms with Crippen LogP contribution in [-0.4, -0.2) is 47.7 Å². The summed E-state index contributed by atoms with van der Waals surface area (Å²) in [5.41, 5.74) is 1.56. The Bertz CT molecular complexity index is 970. The van der Waals surface area contributed by atoms with Crippen LogP contribution in [0, 0.1) is 12.7 Å². The van der Waals surface area contributed by atoms with E-state index in [0.717, 1.165) is 29.2 Å². The number of fused-ring (bicyclic) bond motifs is 1. The number of hydrogen-bond donors (Lipinski definition) is 0. The highest BCUT2D eigenvalue weighted by Gasteiger charge is 2.21. The third-order valence-corrected chi connectivity index (χ3v) is 7.09. The second kappa shape index (κ2) is 10.9. The molecule has 0 saturated heterocycles. The number of carbonyl (C=O) groups is 1. The molecule has 0 aliphatic heterocycles. The number of thioether (sulfide) groups is 1. The lowest BCUT2D eigenvalue weighted by Crippen LogP contribution is -2.39. The van der Waals surface area contributed by atoms with E-state index in [4.69, 9.17) is 0 Å². The van der Waals surface area contributed by atoms with Gasteiger partial charge in [-0.1, -0.05) is 48.9 Å². The Morgan fingerprint density at radius 2 is 1.83 bits per heavy atom. The summed E-state index contributed by atoms with van der Waals surface area (Å²) in [6.45, 7) is 9.46. The van der Waals surface area contributed by atoms with E-state index in [1.54, 1.807) is 22.7 Å². The highest BCUT2D eigenvalue weighted by atomic mass is 32.2. The summed E-state index contributed by atoms with van der Waals surface area (Å²) in [6, 6.07) is 13.3. The third-order valence-electron chi connectivity index (χ3n) is 5.03. The summed E-state index contributed by atoms with van der Waals surface area (Å²) in [5, 5.41) is 0.576. The monoisotopic (exact) mass is 445 g/mol. The van der Waals surface area contributed by atoms with Crippen molar-refractivity contribution in [3.8, 4) is 0 Å². The fraction of sp³-hybridized carbons (Fsp3) is 0.391. The van der Waals surface area contributed by atoms with E-state index in [-0.39, 0.29) is 11.7 Å². The van der Waals surface area contributed by atoms with E-state index < -0.39 is 0 Å². The predicted octanol–water partition coefficient (Wildman–Crippen LogP) is 5.60. The minimum Gasteiger partial charge on any atom is -0.302 e. The molecule has 0 N–H and O–H groups in total. The van der Waals surface area contributed by atoms with Gasteiger partial charge in [-0.25, -0.2) is 9.37 Å². The lowest BCUT2D eigenvalue weighted by atomic mass is 10.2. The van der Waals surface area contributed by atoms with Crippen LogP contribution in [0.3, 0.4) is 0 Å². The first-order valence-electron chi connectivity index (χ1n) is 10.3. The van der Waals surface area contributed by atoms with Crippen molar-refractivity contribution in [3.05, 3.63) is 53.8 Å². The number of halogens is 1. The predicted molar refractivity (Wildman–Crippen MR) is 126 cm³/mol. The molecule has 1 heterocycles. The van der Waals surface area contributed by atoms with Crippen LogP contribution in [0.5, 0.6) is 0 Å². The van der Waals surface area contributed by atoms with E-state index in [1.807, 2.05) is 6.07 Å². The van der Waals surface area contributed by atoms with Crippen LogP contribution in [0.2, 0.25) is 0 Å². The number of rotatable bonds is 10. The van der Waals surface area contributed by atoms with Crippen LogP contribution >= 0.6 is 23.1 Å². The fourth-order valence-corrected chi connectivity index (χ4v) is 5.02. The van der Waals surface area contributed by atoms with Crippen LogP contribution in [0.15, 0.2) is 47.4 Å². The topological polar surface area (TPSA) is 36.4 Å². The molecule has 0 aliphatic rings. The first kappa shape index (κ1) is 22.7. The van der Waals surface area contributed by atoms with Gasteiger partial charge >= 0.3 is 0 Å². The number of aryl methyl sites for hydroxylation is 1. The molecular formula is C23H28FN3OS2. The van der Waals surface area contributed by atoms with E-state index in [9.17, 15) is 9.18 Å². The average Bonchev–Trinajstić information content (AvgIpc) is 3.18. The smallest absolute Gasteiger partial charge is 0.229 e. The second-order valence-corrected chi connectivity index (χ2v) is 9.24. The second-order valence-electron chi connectivity index (χ2n) is 7.07. The summed E-state index contributed by atoms with van der Waals surface area (Å²) >= 11 is 3.05. The number of hydrogen-bond acceptors (Lipinski definition) is 5. The highest BCUT2D eigenvalue weighted by molar-refractivity contribution is 7.99. The molecular weight excluding hydrogens is 417 g/mol. The van der Waals surface area contributed by atoms with Gasteiger partial charge < -0.3 is 4.90 Å². The molecule has 0 saturated carbocycles. The van der Waals surface area contributed by atoms with Crippen LogP contribution in [-0.2, 0) is 4.79 Å². The maximum absolute atomic E-state index is 14.1. The van der Waals surface area contributed by atoms with E-state index >= 15 is 0 Å². The minimum absolute atomic E-state index is 0.0289. The van der Waals surface area contributed by atoms with E-state index in [2.05, 4.69) is 54.9 Å². The zero-order valence-electron chi connectivity index (χ0n) is 17.7. The van der Waals surface area contributed by atoms with Gasteiger partial charge in [0.15, 0.2) is 5.13 Å². The van der Waals surface area contributed by atoms with Gasteiger partial charge in [0, 0.05) is 30.2 Å². The maximum Gasteiger partial charge on any atom is 0.229 e.